The van der Waals surface area contributed by atoms with Gasteiger partial charge in [0.15, 0.2) is 5.96 Å². The molecule has 1 rings (SSSR count). The van der Waals surface area contributed by atoms with Gasteiger partial charge in [-0.2, -0.15) is 5.10 Å². The molecule has 0 aromatic carbocycles. The number of aryl methyl sites for hydroxylation is 1. The number of aromatic nitrogens is 2. The van der Waals surface area contributed by atoms with E-state index in [1.165, 1.54) is 0 Å². The Balaban J connectivity index is 0.00000441. The number of rotatable bonds is 5. The van der Waals surface area contributed by atoms with Crippen LogP contribution in [0.5, 0.6) is 0 Å². The molecule has 1 aromatic heterocycles. The van der Waals surface area contributed by atoms with E-state index in [1.54, 1.807) is 10.9 Å². The van der Waals surface area contributed by atoms with Gasteiger partial charge < -0.3 is 16.0 Å². The van der Waals surface area contributed by atoms with Crippen molar-refractivity contribution in [2.75, 3.05) is 13.1 Å². The molecule has 1 amide bonds. The molecular weight excluding hydrogens is 395 g/mol. The van der Waals surface area contributed by atoms with E-state index in [4.69, 9.17) is 0 Å². The maximum Gasteiger partial charge on any atom is 0.239 e. The van der Waals surface area contributed by atoms with Crippen LogP contribution >= 0.6 is 24.0 Å². The Morgan fingerprint density at radius 1 is 1.36 bits per heavy atom. The number of hydrogen-bond donors (Lipinski definition) is 3. The molecular formula is C14H27IN6O. The number of carbonyl (C=O) groups is 1. The second-order valence-electron chi connectivity index (χ2n) is 5.79. The maximum atomic E-state index is 11.8. The zero-order chi connectivity index (χ0) is 15.9. The fourth-order valence-electron chi connectivity index (χ4n) is 1.68. The predicted molar refractivity (Wildman–Crippen MR) is 99.3 cm³/mol. The highest BCUT2D eigenvalue weighted by Gasteiger charge is 2.13. The van der Waals surface area contributed by atoms with Gasteiger partial charge in [0, 0.05) is 25.3 Å². The van der Waals surface area contributed by atoms with Crippen LogP contribution < -0.4 is 16.0 Å². The monoisotopic (exact) mass is 422 g/mol. The number of carbonyl (C=O) groups excluding carboxylic acids is 1. The van der Waals surface area contributed by atoms with Crippen LogP contribution in [0.25, 0.3) is 0 Å². The minimum absolute atomic E-state index is 0. The first-order valence-corrected chi connectivity index (χ1v) is 7.12. The SMILES string of the molecule is CCNC(=NCc1ccnn1C)NCC(=O)NC(C)(C)C.I. The number of aliphatic imine (C=N–C) groups is 1. The largest absolute Gasteiger partial charge is 0.357 e. The molecule has 7 nitrogen and oxygen atoms in total. The lowest BCUT2D eigenvalue weighted by Gasteiger charge is -2.21. The average molecular weight is 422 g/mol. The third kappa shape index (κ3) is 8.20. The number of amides is 1. The van der Waals surface area contributed by atoms with Gasteiger partial charge in [-0.05, 0) is 33.8 Å². The maximum absolute atomic E-state index is 11.8. The van der Waals surface area contributed by atoms with Crippen molar-refractivity contribution in [2.24, 2.45) is 12.0 Å². The molecule has 0 aliphatic carbocycles. The van der Waals surface area contributed by atoms with Gasteiger partial charge >= 0.3 is 0 Å². The molecule has 22 heavy (non-hydrogen) atoms. The van der Waals surface area contributed by atoms with Gasteiger partial charge in [-0.1, -0.05) is 0 Å². The van der Waals surface area contributed by atoms with Crippen LogP contribution in [0.1, 0.15) is 33.4 Å². The van der Waals surface area contributed by atoms with Crippen LogP contribution in [0.2, 0.25) is 0 Å². The first kappa shape index (κ1) is 20.7. The molecule has 0 atom stereocenters. The number of nitrogens with one attached hydrogen (secondary N) is 3. The molecule has 0 fully saturated rings. The molecule has 0 radical (unpaired) electrons. The van der Waals surface area contributed by atoms with Gasteiger partial charge in [0.05, 0.1) is 18.8 Å². The van der Waals surface area contributed by atoms with E-state index in [-0.39, 0.29) is 42.0 Å². The Morgan fingerprint density at radius 2 is 2.05 bits per heavy atom. The molecule has 3 N–H and O–H groups in total. The number of halogens is 1. The molecule has 0 spiro atoms. The van der Waals surface area contributed by atoms with Crippen molar-refractivity contribution in [2.45, 2.75) is 39.8 Å². The zero-order valence-electron chi connectivity index (χ0n) is 13.9. The predicted octanol–water partition coefficient (Wildman–Crippen LogP) is 1.01. The van der Waals surface area contributed by atoms with Gasteiger partial charge in [0.25, 0.3) is 0 Å². The third-order valence-electron chi connectivity index (χ3n) is 2.60. The van der Waals surface area contributed by atoms with E-state index in [0.29, 0.717) is 12.5 Å². The summed E-state index contributed by atoms with van der Waals surface area (Å²) in [6.07, 6.45) is 1.74. The Labute approximate surface area is 149 Å². The second-order valence-corrected chi connectivity index (χ2v) is 5.79. The molecule has 1 aromatic rings. The summed E-state index contributed by atoms with van der Waals surface area (Å²) in [5.41, 5.74) is 0.773. The summed E-state index contributed by atoms with van der Waals surface area (Å²) in [7, 11) is 1.88. The van der Waals surface area contributed by atoms with Gasteiger partial charge in [0.2, 0.25) is 5.91 Å². The van der Waals surface area contributed by atoms with Crippen LogP contribution in [-0.2, 0) is 18.4 Å². The van der Waals surface area contributed by atoms with Gasteiger partial charge in [-0.25, -0.2) is 4.99 Å². The summed E-state index contributed by atoms with van der Waals surface area (Å²) in [6, 6.07) is 1.92. The fraction of sp³-hybridized carbons (Fsp3) is 0.643. The Bertz CT molecular complexity index is 492. The molecule has 1 heterocycles. The molecule has 0 unspecified atom stereocenters. The molecule has 126 valence electrons. The van der Waals surface area contributed by atoms with Gasteiger partial charge in [0.1, 0.15) is 0 Å². The topological polar surface area (TPSA) is 83.3 Å². The minimum Gasteiger partial charge on any atom is -0.357 e. The van der Waals surface area contributed by atoms with Crippen molar-refractivity contribution in [3.8, 4) is 0 Å². The van der Waals surface area contributed by atoms with Crippen LogP contribution in [0.15, 0.2) is 17.3 Å². The molecule has 0 bridgehead atoms. The summed E-state index contributed by atoms with van der Waals surface area (Å²) in [6.45, 7) is 9.27. The second kappa shape index (κ2) is 9.65. The van der Waals surface area contributed by atoms with Crippen molar-refractivity contribution in [1.29, 1.82) is 0 Å². The molecule has 0 saturated carbocycles. The highest BCUT2D eigenvalue weighted by molar-refractivity contribution is 14.0. The summed E-state index contributed by atoms with van der Waals surface area (Å²) in [5.74, 6) is 0.552. The van der Waals surface area contributed by atoms with Gasteiger partial charge in [-0.3, -0.25) is 9.48 Å². The lowest BCUT2D eigenvalue weighted by molar-refractivity contribution is -0.121. The van der Waals surface area contributed by atoms with Crippen molar-refractivity contribution in [3.05, 3.63) is 18.0 Å². The van der Waals surface area contributed by atoms with E-state index >= 15 is 0 Å². The quantitative estimate of drug-likeness (QED) is 0.376. The smallest absolute Gasteiger partial charge is 0.239 e. The van der Waals surface area contributed by atoms with Crippen LogP contribution in [0.3, 0.4) is 0 Å². The molecule has 0 aliphatic heterocycles. The van der Waals surface area contributed by atoms with E-state index in [9.17, 15) is 4.79 Å². The molecule has 0 saturated heterocycles. The first-order chi connectivity index (χ1) is 9.81. The number of hydrogen-bond acceptors (Lipinski definition) is 3. The number of guanidine groups is 1. The molecule has 8 heteroatoms. The van der Waals surface area contributed by atoms with Crippen molar-refractivity contribution < 1.29 is 4.79 Å². The van der Waals surface area contributed by atoms with E-state index in [2.05, 4.69) is 26.0 Å². The summed E-state index contributed by atoms with van der Waals surface area (Å²) >= 11 is 0. The highest BCUT2D eigenvalue weighted by atomic mass is 127. The Morgan fingerprint density at radius 3 is 2.55 bits per heavy atom. The summed E-state index contributed by atoms with van der Waals surface area (Å²) in [5, 5.41) is 13.1. The van der Waals surface area contributed by atoms with Crippen LogP contribution in [0, 0.1) is 0 Å². The van der Waals surface area contributed by atoms with Crippen LogP contribution in [-0.4, -0.2) is 40.3 Å². The average Bonchev–Trinajstić information content (AvgIpc) is 2.76. The van der Waals surface area contributed by atoms with E-state index in [1.807, 2.05) is 40.8 Å². The van der Waals surface area contributed by atoms with Crippen LogP contribution in [0.4, 0.5) is 0 Å². The third-order valence-corrected chi connectivity index (χ3v) is 2.60. The summed E-state index contributed by atoms with van der Waals surface area (Å²) < 4.78 is 1.78. The van der Waals surface area contributed by atoms with Crippen molar-refractivity contribution in [1.82, 2.24) is 25.7 Å². The normalized spacial score (nSPS) is 11.6. The fourth-order valence-corrected chi connectivity index (χ4v) is 1.68. The van der Waals surface area contributed by atoms with Crippen molar-refractivity contribution >= 4 is 35.8 Å². The lowest BCUT2D eigenvalue weighted by atomic mass is 10.1. The standard InChI is InChI=1S/C14H26N6O.HI/c1-6-15-13(16-9-11-7-8-18-20(11)5)17-10-12(21)19-14(2,3)4;/h7-8H,6,9-10H2,1-5H3,(H,19,21)(H2,15,16,17);1H. The Kier molecular flexibility index (Phi) is 9.07. The Hall–Kier alpha value is -1.32. The molecule has 0 aliphatic rings. The first-order valence-electron chi connectivity index (χ1n) is 7.12. The minimum atomic E-state index is -0.233. The lowest BCUT2D eigenvalue weighted by Crippen LogP contribution is -2.48. The van der Waals surface area contributed by atoms with E-state index < -0.39 is 0 Å². The summed E-state index contributed by atoms with van der Waals surface area (Å²) in [4.78, 5) is 16.2. The number of nitrogens with zero attached hydrogens (tertiary/aromatic N) is 3. The highest BCUT2D eigenvalue weighted by Crippen LogP contribution is 1.98. The van der Waals surface area contributed by atoms with Gasteiger partial charge in [-0.15, -0.1) is 24.0 Å². The van der Waals surface area contributed by atoms with Crippen molar-refractivity contribution in [3.63, 3.8) is 0 Å². The zero-order valence-corrected chi connectivity index (χ0v) is 16.3. The van der Waals surface area contributed by atoms with E-state index in [0.717, 1.165) is 12.2 Å².